The maximum atomic E-state index is 12.3. The van der Waals surface area contributed by atoms with Gasteiger partial charge in [0.2, 0.25) is 0 Å². The van der Waals surface area contributed by atoms with E-state index in [4.69, 9.17) is 0 Å². The van der Waals surface area contributed by atoms with E-state index in [1.54, 1.807) is 16.7 Å². The largest absolute Gasteiger partial charge is 0.286 e. The van der Waals surface area contributed by atoms with Crippen molar-refractivity contribution in [3.8, 4) is 0 Å². The fourth-order valence-electron chi connectivity index (χ4n) is 1.80. The SMILES string of the molecule is CCSC1=NCCN1C(=O)c1cccc(C)c1. The van der Waals surface area contributed by atoms with Crippen molar-refractivity contribution in [1.82, 2.24) is 4.90 Å². The second-order valence-electron chi connectivity index (χ2n) is 3.92. The normalized spacial score (nSPS) is 14.9. The van der Waals surface area contributed by atoms with E-state index in [1.807, 2.05) is 31.2 Å². The zero-order valence-electron chi connectivity index (χ0n) is 10.1. The fourth-order valence-corrected chi connectivity index (χ4v) is 2.57. The molecule has 1 heterocycles. The van der Waals surface area contributed by atoms with Crippen LogP contribution >= 0.6 is 11.8 Å². The van der Waals surface area contributed by atoms with Crippen LogP contribution in [0.1, 0.15) is 22.8 Å². The molecule has 0 aliphatic carbocycles. The molecule has 0 aromatic heterocycles. The Morgan fingerprint density at radius 1 is 1.53 bits per heavy atom. The summed E-state index contributed by atoms with van der Waals surface area (Å²) in [5, 5.41) is 0.860. The molecule has 0 atom stereocenters. The first kappa shape index (κ1) is 12.2. The number of thioether (sulfide) groups is 1. The number of hydrogen-bond donors (Lipinski definition) is 0. The van der Waals surface area contributed by atoms with Gasteiger partial charge in [-0.3, -0.25) is 14.7 Å². The van der Waals surface area contributed by atoms with Crippen LogP contribution in [-0.4, -0.2) is 34.8 Å². The van der Waals surface area contributed by atoms with Crippen LogP contribution in [0, 0.1) is 6.92 Å². The van der Waals surface area contributed by atoms with Crippen molar-refractivity contribution in [3.63, 3.8) is 0 Å². The standard InChI is InChI=1S/C13H16N2OS/c1-3-17-13-14-7-8-15(13)12(16)11-6-4-5-10(2)9-11/h4-6,9H,3,7-8H2,1-2H3. The Morgan fingerprint density at radius 3 is 3.06 bits per heavy atom. The molecule has 0 saturated carbocycles. The molecule has 17 heavy (non-hydrogen) atoms. The monoisotopic (exact) mass is 248 g/mol. The van der Waals surface area contributed by atoms with E-state index < -0.39 is 0 Å². The molecule has 3 nitrogen and oxygen atoms in total. The second kappa shape index (κ2) is 5.36. The van der Waals surface area contributed by atoms with E-state index >= 15 is 0 Å². The van der Waals surface area contributed by atoms with Crippen LogP contribution in [0.2, 0.25) is 0 Å². The van der Waals surface area contributed by atoms with E-state index in [0.29, 0.717) is 6.54 Å². The first-order chi connectivity index (χ1) is 8.22. The van der Waals surface area contributed by atoms with Gasteiger partial charge in [0.15, 0.2) is 5.17 Å². The molecular formula is C13H16N2OS. The smallest absolute Gasteiger partial charge is 0.259 e. The molecule has 1 aliphatic rings. The molecule has 90 valence electrons. The third-order valence-corrected chi connectivity index (χ3v) is 3.48. The molecule has 4 heteroatoms. The Morgan fingerprint density at radius 2 is 2.35 bits per heavy atom. The molecule has 0 saturated heterocycles. The number of carbonyl (C=O) groups is 1. The van der Waals surface area contributed by atoms with E-state index in [0.717, 1.165) is 28.6 Å². The molecular weight excluding hydrogens is 232 g/mol. The summed E-state index contributed by atoms with van der Waals surface area (Å²) in [5.41, 5.74) is 1.85. The van der Waals surface area contributed by atoms with Crippen molar-refractivity contribution in [2.24, 2.45) is 4.99 Å². The molecule has 0 N–H and O–H groups in total. The topological polar surface area (TPSA) is 32.7 Å². The molecule has 1 amide bonds. The van der Waals surface area contributed by atoms with Crippen molar-refractivity contribution in [3.05, 3.63) is 35.4 Å². The number of rotatable bonds is 2. The Labute approximate surface area is 106 Å². The average molecular weight is 248 g/mol. The molecule has 0 unspecified atom stereocenters. The molecule has 1 aromatic carbocycles. The first-order valence-electron chi connectivity index (χ1n) is 5.78. The minimum atomic E-state index is 0.0610. The molecule has 2 rings (SSSR count). The Balaban J connectivity index is 2.18. The number of carbonyl (C=O) groups excluding carboxylic acids is 1. The van der Waals surface area contributed by atoms with Gasteiger partial charge >= 0.3 is 0 Å². The van der Waals surface area contributed by atoms with Crippen LogP contribution in [0.4, 0.5) is 0 Å². The number of benzene rings is 1. The summed E-state index contributed by atoms with van der Waals surface area (Å²) in [7, 11) is 0. The highest BCUT2D eigenvalue weighted by molar-refractivity contribution is 8.13. The van der Waals surface area contributed by atoms with Crippen molar-refractivity contribution in [1.29, 1.82) is 0 Å². The number of amides is 1. The van der Waals surface area contributed by atoms with Gasteiger partial charge in [0, 0.05) is 12.1 Å². The van der Waals surface area contributed by atoms with Gasteiger partial charge in [-0.05, 0) is 24.8 Å². The van der Waals surface area contributed by atoms with Gasteiger partial charge in [-0.1, -0.05) is 36.4 Å². The van der Waals surface area contributed by atoms with E-state index in [2.05, 4.69) is 11.9 Å². The zero-order valence-corrected chi connectivity index (χ0v) is 11.0. The number of aryl methyl sites for hydroxylation is 1. The van der Waals surface area contributed by atoms with Crippen LogP contribution in [0.25, 0.3) is 0 Å². The van der Waals surface area contributed by atoms with Crippen molar-refractivity contribution < 1.29 is 4.79 Å². The minimum Gasteiger partial charge on any atom is -0.286 e. The maximum absolute atomic E-state index is 12.3. The predicted molar refractivity (Wildman–Crippen MR) is 72.6 cm³/mol. The van der Waals surface area contributed by atoms with Crippen LogP contribution in [-0.2, 0) is 0 Å². The molecule has 1 aliphatic heterocycles. The Hall–Kier alpha value is -1.29. The van der Waals surface area contributed by atoms with Crippen LogP contribution < -0.4 is 0 Å². The maximum Gasteiger partial charge on any atom is 0.259 e. The van der Waals surface area contributed by atoms with Gasteiger partial charge in [0.25, 0.3) is 5.91 Å². The van der Waals surface area contributed by atoms with E-state index in [9.17, 15) is 4.79 Å². The third kappa shape index (κ3) is 2.69. The van der Waals surface area contributed by atoms with E-state index in [1.165, 1.54) is 0 Å². The quantitative estimate of drug-likeness (QED) is 0.805. The van der Waals surface area contributed by atoms with Gasteiger partial charge in [-0.15, -0.1) is 0 Å². The lowest BCUT2D eigenvalue weighted by atomic mass is 10.1. The highest BCUT2D eigenvalue weighted by Gasteiger charge is 2.24. The summed E-state index contributed by atoms with van der Waals surface area (Å²) in [5.74, 6) is 1.00. The number of aliphatic imine (C=N–C) groups is 1. The fraction of sp³-hybridized carbons (Fsp3) is 0.385. The summed E-state index contributed by atoms with van der Waals surface area (Å²) < 4.78 is 0. The van der Waals surface area contributed by atoms with Gasteiger partial charge in [-0.2, -0.15) is 0 Å². The summed E-state index contributed by atoms with van der Waals surface area (Å²) in [6, 6.07) is 7.70. The van der Waals surface area contributed by atoms with Gasteiger partial charge in [0.05, 0.1) is 6.54 Å². The summed E-state index contributed by atoms with van der Waals surface area (Å²) in [6.45, 7) is 5.49. The van der Waals surface area contributed by atoms with Gasteiger partial charge < -0.3 is 0 Å². The van der Waals surface area contributed by atoms with Crippen molar-refractivity contribution in [2.75, 3.05) is 18.8 Å². The first-order valence-corrected chi connectivity index (χ1v) is 6.76. The lowest BCUT2D eigenvalue weighted by Crippen LogP contribution is -2.32. The summed E-state index contributed by atoms with van der Waals surface area (Å²) in [6.07, 6.45) is 0. The van der Waals surface area contributed by atoms with Crippen molar-refractivity contribution >= 4 is 22.8 Å². The Kier molecular flexibility index (Phi) is 3.84. The number of amidine groups is 1. The highest BCUT2D eigenvalue weighted by atomic mass is 32.2. The van der Waals surface area contributed by atoms with E-state index in [-0.39, 0.29) is 5.91 Å². The summed E-state index contributed by atoms with van der Waals surface area (Å²) in [4.78, 5) is 18.5. The molecule has 0 fully saturated rings. The van der Waals surface area contributed by atoms with Crippen LogP contribution in [0.3, 0.4) is 0 Å². The molecule has 0 radical (unpaired) electrons. The zero-order chi connectivity index (χ0) is 12.3. The Bertz CT molecular complexity index is 456. The van der Waals surface area contributed by atoms with Gasteiger partial charge in [0.1, 0.15) is 0 Å². The molecule has 0 spiro atoms. The van der Waals surface area contributed by atoms with Crippen LogP contribution in [0.5, 0.6) is 0 Å². The summed E-state index contributed by atoms with van der Waals surface area (Å²) >= 11 is 1.63. The predicted octanol–water partition coefficient (Wildman–Crippen LogP) is 2.56. The second-order valence-corrected chi connectivity index (χ2v) is 5.15. The third-order valence-electron chi connectivity index (χ3n) is 2.59. The lowest BCUT2D eigenvalue weighted by molar-refractivity contribution is 0.0860. The number of hydrogen-bond acceptors (Lipinski definition) is 3. The highest BCUT2D eigenvalue weighted by Crippen LogP contribution is 2.17. The number of nitrogens with zero attached hydrogens (tertiary/aromatic N) is 2. The lowest BCUT2D eigenvalue weighted by Gasteiger charge is -2.17. The molecule has 1 aromatic rings. The van der Waals surface area contributed by atoms with Crippen molar-refractivity contribution in [2.45, 2.75) is 13.8 Å². The van der Waals surface area contributed by atoms with Gasteiger partial charge in [-0.25, -0.2) is 0 Å². The minimum absolute atomic E-state index is 0.0610. The van der Waals surface area contributed by atoms with Crippen LogP contribution in [0.15, 0.2) is 29.3 Å². The average Bonchev–Trinajstić information content (AvgIpc) is 2.77. The molecule has 0 bridgehead atoms.